The van der Waals surface area contributed by atoms with E-state index in [9.17, 15) is 13.2 Å². The molecular weight excluding hydrogens is 385 g/mol. The largest absolute Gasteiger partial charge is 0.416 e. The highest BCUT2D eigenvalue weighted by atomic mass is 32.1. The molecule has 0 spiro atoms. The Balaban J connectivity index is 1.64. The molecule has 0 aliphatic heterocycles. The Kier molecular flexibility index (Phi) is 5.69. The molecule has 2 aromatic carbocycles. The Bertz CT molecular complexity index is 995. The standard InChI is InChI=1S/C20H19F3N4S/c1-13-6-7-14(2)18(8-13)26-19(28)25-17-10-24-27(12-17)11-15-4-3-5-16(9-15)20(21,22)23/h3-10,12H,11H2,1-2H3,(H2,25,26,28). The summed E-state index contributed by atoms with van der Waals surface area (Å²) in [5.41, 5.74) is 3.58. The minimum atomic E-state index is -4.36. The molecule has 146 valence electrons. The zero-order chi connectivity index (χ0) is 20.3. The number of alkyl halides is 3. The lowest BCUT2D eigenvalue weighted by Crippen LogP contribution is -2.19. The molecule has 8 heteroatoms. The molecule has 0 unspecified atom stereocenters. The number of thiocarbonyl (C=S) groups is 1. The van der Waals surface area contributed by atoms with Gasteiger partial charge in [0.1, 0.15) is 0 Å². The highest BCUT2D eigenvalue weighted by Crippen LogP contribution is 2.29. The number of nitrogens with one attached hydrogen (secondary N) is 2. The number of aromatic nitrogens is 2. The van der Waals surface area contributed by atoms with Crippen LogP contribution in [0.25, 0.3) is 0 Å². The van der Waals surface area contributed by atoms with Crippen molar-refractivity contribution in [3.05, 3.63) is 77.1 Å². The van der Waals surface area contributed by atoms with E-state index < -0.39 is 11.7 Å². The minimum Gasteiger partial charge on any atom is -0.332 e. The number of rotatable bonds is 4. The van der Waals surface area contributed by atoms with E-state index in [1.54, 1.807) is 23.1 Å². The van der Waals surface area contributed by atoms with Crippen molar-refractivity contribution in [3.63, 3.8) is 0 Å². The number of nitrogens with zero attached hydrogens (tertiary/aromatic N) is 2. The van der Waals surface area contributed by atoms with Crippen LogP contribution in [0.3, 0.4) is 0 Å². The summed E-state index contributed by atoms with van der Waals surface area (Å²) in [6, 6.07) is 11.2. The van der Waals surface area contributed by atoms with Crippen LogP contribution in [0.5, 0.6) is 0 Å². The van der Waals surface area contributed by atoms with Crippen LogP contribution in [0.15, 0.2) is 54.9 Å². The molecule has 3 rings (SSSR count). The predicted octanol–water partition coefficient (Wildman–Crippen LogP) is 5.38. The van der Waals surface area contributed by atoms with Crippen molar-refractivity contribution in [2.75, 3.05) is 10.6 Å². The van der Waals surface area contributed by atoms with Crippen LogP contribution in [0, 0.1) is 13.8 Å². The molecule has 0 radical (unpaired) electrons. The summed E-state index contributed by atoms with van der Waals surface area (Å²) in [6.07, 6.45) is -1.10. The molecule has 0 saturated carbocycles. The van der Waals surface area contributed by atoms with Crippen molar-refractivity contribution in [3.8, 4) is 0 Å². The fourth-order valence-corrected chi connectivity index (χ4v) is 2.93. The lowest BCUT2D eigenvalue weighted by atomic mass is 10.1. The Morgan fingerprint density at radius 1 is 1.11 bits per heavy atom. The number of anilines is 2. The van der Waals surface area contributed by atoms with Gasteiger partial charge in [-0.15, -0.1) is 0 Å². The first-order valence-electron chi connectivity index (χ1n) is 8.54. The van der Waals surface area contributed by atoms with E-state index in [2.05, 4.69) is 15.7 Å². The zero-order valence-corrected chi connectivity index (χ0v) is 16.2. The van der Waals surface area contributed by atoms with Gasteiger partial charge in [0.05, 0.1) is 24.0 Å². The molecule has 1 heterocycles. The Hall–Kier alpha value is -2.87. The van der Waals surface area contributed by atoms with Gasteiger partial charge in [-0.1, -0.05) is 24.3 Å². The van der Waals surface area contributed by atoms with Crippen LogP contribution in [-0.4, -0.2) is 14.9 Å². The van der Waals surface area contributed by atoms with Crippen LogP contribution in [0.2, 0.25) is 0 Å². The van der Waals surface area contributed by atoms with Gasteiger partial charge in [0.2, 0.25) is 0 Å². The van der Waals surface area contributed by atoms with E-state index in [0.29, 0.717) is 16.4 Å². The fourth-order valence-electron chi connectivity index (χ4n) is 2.70. The predicted molar refractivity (Wildman–Crippen MR) is 109 cm³/mol. The van der Waals surface area contributed by atoms with Crippen LogP contribution < -0.4 is 10.6 Å². The summed E-state index contributed by atoms with van der Waals surface area (Å²) in [5, 5.41) is 10.8. The van der Waals surface area contributed by atoms with Gasteiger partial charge in [-0.3, -0.25) is 4.68 Å². The first-order chi connectivity index (χ1) is 13.2. The van der Waals surface area contributed by atoms with Gasteiger partial charge in [0.15, 0.2) is 5.11 Å². The molecular formula is C20H19F3N4S. The first-order valence-corrected chi connectivity index (χ1v) is 8.95. The molecule has 0 amide bonds. The Morgan fingerprint density at radius 3 is 2.64 bits per heavy atom. The minimum absolute atomic E-state index is 0.225. The monoisotopic (exact) mass is 404 g/mol. The van der Waals surface area contributed by atoms with Crippen molar-refractivity contribution in [2.45, 2.75) is 26.6 Å². The van der Waals surface area contributed by atoms with Gasteiger partial charge in [0, 0.05) is 11.9 Å². The smallest absolute Gasteiger partial charge is 0.332 e. The van der Waals surface area contributed by atoms with Gasteiger partial charge in [-0.05, 0) is 61.0 Å². The van der Waals surface area contributed by atoms with Crippen molar-refractivity contribution in [1.29, 1.82) is 0 Å². The quantitative estimate of drug-likeness (QED) is 0.573. The SMILES string of the molecule is Cc1ccc(C)c(NC(=S)Nc2cnn(Cc3cccc(C(F)(F)F)c3)c2)c1. The second kappa shape index (κ2) is 8.02. The maximum absolute atomic E-state index is 12.8. The van der Waals surface area contributed by atoms with Crippen molar-refractivity contribution >= 4 is 28.7 Å². The molecule has 0 saturated heterocycles. The van der Waals surface area contributed by atoms with Gasteiger partial charge in [0.25, 0.3) is 0 Å². The van der Waals surface area contributed by atoms with Gasteiger partial charge in [-0.25, -0.2) is 0 Å². The summed E-state index contributed by atoms with van der Waals surface area (Å²) in [5.74, 6) is 0. The van der Waals surface area contributed by atoms with E-state index in [-0.39, 0.29) is 6.54 Å². The molecule has 3 aromatic rings. The molecule has 28 heavy (non-hydrogen) atoms. The second-order valence-electron chi connectivity index (χ2n) is 6.52. The topological polar surface area (TPSA) is 41.9 Å². The van der Waals surface area contributed by atoms with E-state index >= 15 is 0 Å². The van der Waals surface area contributed by atoms with E-state index in [1.165, 1.54) is 6.07 Å². The number of hydrogen-bond donors (Lipinski definition) is 2. The first kappa shape index (κ1) is 19.9. The molecule has 0 aliphatic carbocycles. The van der Waals surface area contributed by atoms with Crippen LogP contribution in [-0.2, 0) is 12.7 Å². The third-order valence-electron chi connectivity index (χ3n) is 4.13. The average molecular weight is 404 g/mol. The van der Waals surface area contributed by atoms with Gasteiger partial charge in [-0.2, -0.15) is 18.3 Å². The van der Waals surface area contributed by atoms with E-state index in [1.807, 2.05) is 32.0 Å². The van der Waals surface area contributed by atoms with Gasteiger partial charge < -0.3 is 10.6 Å². The Morgan fingerprint density at radius 2 is 1.89 bits per heavy atom. The van der Waals surface area contributed by atoms with Crippen LogP contribution in [0.1, 0.15) is 22.3 Å². The second-order valence-corrected chi connectivity index (χ2v) is 6.93. The normalized spacial score (nSPS) is 11.3. The van der Waals surface area contributed by atoms with Crippen LogP contribution >= 0.6 is 12.2 Å². The summed E-state index contributed by atoms with van der Waals surface area (Å²) in [6.45, 7) is 4.21. The lowest BCUT2D eigenvalue weighted by molar-refractivity contribution is -0.137. The van der Waals surface area contributed by atoms with Crippen molar-refractivity contribution in [2.24, 2.45) is 0 Å². The molecule has 0 atom stereocenters. The maximum atomic E-state index is 12.8. The third-order valence-corrected chi connectivity index (χ3v) is 4.34. The third kappa shape index (κ3) is 5.10. The number of benzene rings is 2. The molecule has 0 bridgehead atoms. The highest BCUT2D eigenvalue weighted by molar-refractivity contribution is 7.80. The van der Waals surface area contributed by atoms with E-state index in [0.717, 1.165) is 28.9 Å². The zero-order valence-electron chi connectivity index (χ0n) is 15.3. The molecule has 1 aromatic heterocycles. The summed E-state index contributed by atoms with van der Waals surface area (Å²) in [7, 11) is 0. The number of halogens is 3. The fraction of sp³-hybridized carbons (Fsp3) is 0.200. The highest BCUT2D eigenvalue weighted by Gasteiger charge is 2.30. The van der Waals surface area contributed by atoms with Gasteiger partial charge >= 0.3 is 6.18 Å². The van der Waals surface area contributed by atoms with Crippen molar-refractivity contribution in [1.82, 2.24) is 9.78 Å². The summed E-state index contributed by atoms with van der Waals surface area (Å²) in [4.78, 5) is 0. The molecule has 0 fully saturated rings. The maximum Gasteiger partial charge on any atom is 0.416 e. The molecule has 2 N–H and O–H groups in total. The van der Waals surface area contributed by atoms with Crippen LogP contribution in [0.4, 0.5) is 24.5 Å². The Labute approximate surface area is 166 Å². The van der Waals surface area contributed by atoms with Crippen molar-refractivity contribution < 1.29 is 13.2 Å². The average Bonchev–Trinajstić information content (AvgIpc) is 3.04. The molecule has 0 aliphatic rings. The lowest BCUT2D eigenvalue weighted by Gasteiger charge is -2.12. The number of hydrogen-bond acceptors (Lipinski definition) is 2. The molecule has 4 nitrogen and oxygen atoms in total. The number of aryl methyl sites for hydroxylation is 2. The summed E-state index contributed by atoms with van der Waals surface area (Å²) >= 11 is 5.33. The van der Waals surface area contributed by atoms with E-state index in [4.69, 9.17) is 12.2 Å². The summed E-state index contributed by atoms with van der Waals surface area (Å²) < 4.78 is 40.1.